The topological polar surface area (TPSA) is 41.6 Å². The molecule has 0 aromatic heterocycles. The first-order valence-corrected chi connectivity index (χ1v) is 6.99. The van der Waals surface area contributed by atoms with Crippen molar-refractivity contribution in [2.24, 2.45) is 5.92 Å². The second-order valence-electron chi connectivity index (χ2n) is 5.35. The predicted molar refractivity (Wildman–Crippen MR) is 71.5 cm³/mol. The molecule has 2 rings (SSSR count). The summed E-state index contributed by atoms with van der Waals surface area (Å²) in [7, 11) is 0. The molecule has 1 fully saturated rings. The number of carbonyl (C=O) groups is 1. The molecular formula is C14H24N2O2. The third kappa shape index (κ3) is 3.25. The summed E-state index contributed by atoms with van der Waals surface area (Å²) in [6.45, 7) is 6.21. The largest absolute Gasteiger partial charge is 0.375 e. The number of nitrogens with one attached hydrogen (secondary N) is 1. The maximum absolute atomic E-state index is 12.1. The van der Waals surface area contributed by atoms with Gasteiger partial charge in [0.15, 0.2) is 0 Å². The van der Waals surface area contributed by atoms with Gasteiger partial charge >= 0.3 is 6.03 Å². The first-order valence-electron chi connectivity index (χ1n) is 6.99. The molecule has 18 heavy (non-hydrogen) atoms. The summed E-state index contributed by atoms with van der Waals surface area (Å²) in [5, 5.41) is 3.07. The van der Waals surface area contributed by atoms with Crippen LogP contribution < -0.4 is 5.32 Å². The Morgan fingerprint density at radius 3 is 3.00 bits per heavy atom. The Bertz CT molecular complexity index is 317. The Morgan fingerprint density at radius 2 is 2.28 bits per heavy atom. The quantitative estimate of drug-likeness (QED) is 0.765. The molecule has 1 N–H and O–H groups in total. The van der Waals surface area contributed by atoms with Gasteiger partial charge in [-0.15, -0.1) is 0 Å². The standard InChI is InChI=1S/C14H24N2O2/c1-11-12(2)18-9-8-16(11)14(17)15-10-13-6-4-3-5-7-13/h3-4,11-13H,5-10H2,1-2H3,(H,15,17). The minimum Gasteiger partial charge on any atom is -0.375 e. The van der Waals surface area contributed by atoms with Crippen LogP contribution in [-0.2, 0) is 4.74 Å². The molecule has 3 unspecified atom stereocenters. The van der Waals surface area contributed by atoms with Crippen LogP contribution in [-0.4, -0.2) is 42.8 Å². The molecule has 102 valence electrons. The third-order valence-electron chi connectivity index (χ3n) is 4.06. The molecular weight excluding hydrogens is 228 g/mol. The molecule has 1 aliphatic carbocycles. The van der Waals surface area contributed by atoms with E-state index in [4.69, 9.17) is 4.74 Å². The average Bonchev–Trinajstić information content (AvgIpc) is 2.40. The van der Waals surface area contributed by atoms with E-state index in [1.165, 1.54) is 6.42 Å². The highest BCUT2D eigenvalue weighted by molar-refractivity contribution is 5.74. The van der Waals surface area contributed by atoms with Gasteiger partial charge in [0.05, 0.1) is 18.8 Å². The molecule has 0 saturated carbocycles. The van der Waals surface area contributed by atoms with Crippen molar-refractivity contribution in [3.05, 3.63) is 12.2 Å². The minimum atomic E-state index is 0.0622. The lowest BCUT2D eigenvalue weighted by Crippen LogP contribution is -2.54. The van der Waals surface area contributed by atoms with Crippen molar-refractivity contribution < 1.29 is 9.53 Å². The van der Waals surface area contributed by atoms with Crippen molar-refractivity contribution in [2.75, 3.05) is 19.7 Å². The molecule has 0 bridgehead atoms. The Hall–Kier alpha value is -1.03. The van der Waals surface area contributed by atoms with Crippen molar-refractivity contribution in [3.63, 3.8) is 0 Å². The molecule has 0 radical (unpaired) electrons. The smallest absolute Gasteiger partial charge is 0.317 e. The summed E-state index contributed by atoms with van der Waals surface area (Å²) >= 11 is 0. The van der Waals surface area contributed by atoms with E-state index in [2.05, 4.69) is 17.5 Å². The molecule has 4 nitrogen and oxygen atoms in total. The highest BCUT2D eigenvalue weighted by atomic mass is 16.5. The Kier molecular flexibility index (Phi) is 4.64. The van der Waals surface area contributed by atoms with E-state index in [0.717, 1.165) is 19.4 Å². The Labute approximate surface area is 109 Å². The van der Waals surface area contributed by atoms with E-state index in [1.807, 2.05) is 18.7 Å². The number of urea groups is 1. The first-order chi connectivity index (χ1) is 8.68. The van der Waals surface area contributed by atoms with Gasteiger partial charge in [-0.2, -0.15) is 0 Å². The maximum atomic E-state index is 12.1. The van der Waals surface area contributed by atoms with Crippen molar-refractivity contribution in [2.45, 2.75) is 45.3 Å². The Balaban J connectivity index is 1.78. The molecule has 1 aliphatic heterocycles. The number of morpholine rings is 1. The van der Waals surface area contributed by atoms with Crippen molar-refractivity contribution in [1.82, 2.24) is 10.2 Å². The fourth-order valence-electron chi connectivity index (χ4n) is 2.59. The lowest BCUT2D eigenvalue weighted by molar-refractivity contribution is -0.0377. The second-order valence-corrected chi connectivity index (χ2v) is 5.35. The summed E-state index contributed by atoms with van der Waals surface area (Å²) in [4.78, 5) is 14.0. The van der Waals surface area contributed by atoms with Crippen LogP contribution in [0.5, 0.6) is 0 Å². The highest BCUT2D eigenvalue weighted by Gasteiger charge is 2.29. The zero-order chi connectivity index (χ0) is 13.0. The number of hydrogen-bond acceptors (Lipinski definition) is 2. The van der Waals surface area contributed by atoms with E-state index in [1.54, 1.807) is 0 Å². The van der Waals surface area contributed by atoms with E-state index in [9.17, 15) is 4.79 Å². The summed E-state index contributed by atoms with van der Waals surface area (Å²) < 4.78 is 5.53. The lowest BCUT2D eigenvalue weighted by atomic mass is 9.94. The van der Waals surface area contributed by atoms with E-state index in [-0.39, 0.29) is 18.2 Å². The van der Waals surface area contributed by atoms with Gasteiger partial charge < -0.3 is 15.0 Å². The molecule has 4 heteroatoms. The summed E-state index contributed by atoms with van der Waals surface area (Å²) in [6.07, 6.45) is 8.00. The zero-order valence-corrected chi connectivity index (χ0v) is 11.4. The predicted octanol–water partition coefficient (Wildman–Crippen LogP) is 2.16. The number of ether oxygens (including phenoxy) is 1. The van der Waals surface area contributed by atoms with Gasteiger partial charge in [-0.3, -0.25) is 0 Å². The van der Waals surface area contributed by atoms with E-state index >= 15 is 0 Å². The summed E-state index contributed by atoms with van der Waals surface area (Å²) in [5.41, 5.74) is 0. The molecule has 1 heterocycles. The SMILES string of the molecule is CC1OCCN(C(=O)NCC2CC=CCC2)C1C. The molecule has 0 spiro atoms. The molecule has 2 amide bonds. The van der Waals surface area contributed by atoms with Gasteiger partial charge in [0.2, 0.25) is 0 Å². The normalized spacial score (nSPS) is 32.3. The van der Waals surface area contributed by atoms with Crippen molar-refractivity contribution >= 4 is 6.03 Å². The van der Waals surface area contributed by atoms with Crippen LogP contribution in [0.4, 0.5) is 4.79 Å². The fourth-order valence-corrected chi connectivity index (χ4v) is 2.59. The van der Waals surface area contributed by atoms with Crippen LogP contribution in [0, 0.1) is 5.92 Å². The van der Waals surface area contributed by atoms with E-state index < -0.39 is 0 Å². The minimum absolute atomic E-state index is 0.0622. The second kappa shape index (κ2) is 6.23. The fraction of sp³-hybridized carbons (Fsp3) is 0.786. The van der Waals surface area contributed by atoms with Gasteiger partial charge in [-0.05, 0) is 39.0 Å². The lowest BCUT2D eigenvalue weighted by Gasteiger charge is -2.38. The number of nitrogens with zero attached hydrogens (tertiary/aromatic N) is 1. The van der Waals surface area contributed by atoms with Crippen molar-refractivity contribution in [1.29, 1.82) is 0 Å². The third-order valence-corrected chi connectivity index (χ3v) is 4.06. The molecule has 0 aromatic carbocycles. The van der Waals surface area contributed by atoms with Crippen LogP contribution in [0.15, 0.2) is 12.2 Å². The maximum Gasteiger partial charge on any atom is 0.317 e. The van der Waals surface area contributed by atoms with Gasteiger partial charge in [0.25, 0.3) is 0 Å². The number of hydrogen-bond donors (Lipinski definition) is 1. The van der Waals surface area contributed by atoms with Gasteiger partial charge in [0.1, 0.15) is 0 Å². The summed E-state index contributed by atoms with van der Waals surface area (Å²) in [5.74, 6) is 0.604. The van der Waals surface area contributed by atoms with Gasteiger partial charge in [-0.25, -0.2) is 4.79 Å². The average molecular weight is 252 g/mol. The zero-order valence-electron chi connectivity index (χ0n) is 11.4. The molecule has 2 aliphatic rings. The van der Waals surface area contributed by atoms with Crippen LogP contribution in [0.25, 0.3) is 0 Å². The van der Waals surface area contributed by atoms with Crippen LogP contribution >= 0.6 is 0 Å². The van der Waals surface area contributed by atoms with Crippen LogP contribution in [0.3, 0.4) is 0 Å². The van der Waals surface area contributed by atoms with Gasteiger partial charge in [0, 0.05) is 13.1 Å². The summed E-state index contributed by atoms with van der Waals surface area (Å²) in [6, 6.07) is 0.220. The first kappa shape index (κ1) is 13.4. The monoisotopic (exact) mass is 252 g/mol. The Morgan fingerprint density at radius 1 is 1.44 bits per heavy atom. The number of carbonyl (C=O) groups excluding carboxylic acids is 1. The number of amides is 2. The van der Waals surface area contributed by atoms with Crippen molar-refractivity contribution in [3.8, 4) is 0 Å². The van der Waals surface area contributed by atoms with Gasteiger partial charge in [-0.1, -0.05) is 12.2 Å². The number of allylic oxidation sites excluding steroid dienone is 2. The highest BCUT2D eigenvalue weighted by Crippen LogP contribution is 2.18. The molecule has 3 atom stereocenters. The number of rotatable bonds is 2. The van der Waals surface area contributed by atoms with Crippen LogP contribution in [0.2, 0.25) is 0 Å². The van der Waals surface area contributed by atoms with E-state index in [0.29, 0.717) is 19.1 Å². The molecule has 0 aromatic rings. The van der Waals surface area contributed by atoms with Crippen LogP contribution in [0.1, 0.15) is 33.1 Å². The molecule has 1 saturated heterocycles.